The van der Waals surface area contributed by atoms with Crippen molar-refractivity contribution >= 4 is 33.6 Å². The van der Waals surface area contributed by atoms with Crippen LogP contribution in [0.5, 0.6) is 0 Å². The molecule has 11 heteroatoms. The van der Waals surface area contributed by atoms with Crippen LogP contribution in [0, 0.1) is 0 Å². The minimum Gasteiger partial charge on any atom is -0.449 e. The van der Waals surface area contributed by atoms with E-state index in [2.05, 4.69) is 14.8 Å². The third-order valence-electron chi connectivity index (χ3n) is 3.28. The van der Waals surface area contributed by atoms with E-state index in [1.165, 1.54) is 9.58 Å². The molecular formula is C14H24N4O5S2. The van der Waals surface area contributed by atoms with Gasteiger partial charge in [0.2, 0.25) is 0 Å². The first-order chi connectivity index (χ1) is 11.6. The van der Waals surface area contributed by atoms with Gasteiger partial charge in [-0.15, -0.1) is 5.10 Å². The zero-order valence-corrected chi connectivity index (χ0v) is 16.7. The standard InChI is InChI=1S/C14H24N4O5S2/c1-6-10(2)12-15-13(18(16-12)14(20)17(4)5)24-7-8-25(21,22)9-23-11(3)19/h10H,6-9H2,1-5H3. The largest absolute Gasteiger partial charge is 0.449 e. The zero-order valence-electron chi connectivity index (χ0n) is 15.1. The van der Waals surface area contributed by atoms with Crippen molar-refractivity contribution in [1.82, 2.24) is 19.7 Å². The first kappa shape index (κ1) is 21.4. The Morgan fingerprint density at radius 2 is 2.00 bits per heavy atom. The van der Waals surface area contributed by atoms with Crippen LogP contribution in [0.15, 0.2) is 5.16 Å². The number of nitrogens with zero attached hydrogens (tertiary/aromatic N) is 4. The fourth-order valence-corrected chi connectivity index (χ4v) is 4.00. The van der Waals surface area contributed by atoms with Crippen LogP contribution in [-0.4, -0.2) is 71.6 Å². The number of amides is 1. The topological polar surface area (TPSA) is 111 Å². The molecule has 1 aromatic heterocycles. The van der Waals surface area contributed by atoms with E-state index >= 15 is 0 Å². The Labute approximate surface area is 152 Å². The first-order valence-electron chi connectivity index (χ1n) is 7.72. The monoisotopic (exact) mass is 392 g/mol. The quantitative estimate of drug-likeness (QED) is 0.481. The molecule has 0 radical (unpaired) electrons. The van der Waals surface area contributed by atoms with Crippen molar-refractivity contribution in [3.8, 4) is 0 Å². The summed E-state index contributed by atoms with van der Waals surface area (Å²) in [5.41, 5.74) is 0. The van der Waals surface area contributed by atoms with Crippen LogP contribution in [0.1, 0.15) is 38.9 Å². The summed E-state index contributed by atoms with van der Waals surface area (Å²) in [6, 6.07) is -0.354. The lowest BCUT2D eigenvalue weighted by Gasteiger charge is -2.11. The van der Waals surface area contributed by atoms with Gasteiger partial charge in [0, 0.05) is 32.7 Å². The molecule has 1 unspecified atom stereocenters. The van der Waals surface area contributed by atoms with Gasteiger partial charge in [-0.2, -0.15) is 4.68 Å². The normalized spacial score (nSPS) is 12.7. The molecule has 0 saturated heterocycles. The van der Waals surface area contributed by atoms with E-state index in [9.17, 15) is 18.0 Å². The molecule has 0 saturated carbocycles. The lowest BCUT2D eigenvalue weighted by atomic mass is 10.1. The number of carbonyl (C=O) groups excluding carboxylic acids is 2. The summed E-state index contributed by atoms with van der Waals surface area (Å²) in [5.74, 6) is -0.697. The Morgan fingerprint density at radius 1 is 1.36 bits per heavy atom. The number of hydrogen-bond donors (Lipinski definition) is 0. The molecule has 1 heterocycles. The Kier molecular flexibility index (Phi) is 7.87. The van der Waals surface area contributed by atoms with Crippen molar-refractivity contribution in [2.24, 2.45) is 0 Å². The molecule has 0 spiro atoms. The van der Waals surface area contributed by atoms with Crippen LogP contribution in [-0.2, 0) is 19.4 Å². The second-order valence-corrected chi connectivity index (χ2v) is 8.89. The van der Waals surface area contributed by atoms with E-state index in [1.807, 2.05) is 13.8 Å². The highest BCUT2D eigenvalue weighted by Crippen LogP contribution is 2.22. The van der Waals surface area contributed by atoms with Gasteiger partial charge in [0.25, 0.3) is 0 Å². The van der Waals surface area contributed by atoms with Crippen LogP contribution in [0.2, 0.25) is 0 Å². The number of aromatic nitrogens is 3. The van der Waals surface area contributed by atoms with Gasteiger partial charge in [-0.1, -0.05) is 25.6 Å². The van der Waals surface area contributed by atoms with Gasteiger partial charge in [0.05, 0.1) is 5.75 Å². The zero-order chi connectivity index (χ0) is 19.2. The third kappa shape index (κ3) is 6.65. The van der Waals surface area contributed by atoms with Gasteiger partial charge in [-0.25, -0.2) is 18.2 Å². The second-order valence-electron chi connectivity index (χ2n) is 5.70. The number of ether oxygens (including phenoxy) is 1. The second kappa shape index (κ2) is 9.18. The van der Waals surface area contributed by atoms with Crippen LogP contribution >= 0.6 is 11.8 Å². The van der Waals surface area contributed by atoms with E-state index in [4.69, 9.17) is 0 Å². The maximum absolute atomic E-state index is 12.2. The Morgan fingerprint density at radius 3 is 2.52 bits per heavy atom. The van der Waals surface area contributed by atoms with Crippen LogP contribution in [0.4, 0.5) is 4.79 Å². The van der Waals surface area contributed by atoms with E-state index < -0.39 is 21.7 Å². The lowest BCUT2D eigenvalue weighted by molar-refractivity contribution is -0.138. The number of sulfone groups is 1. The van der Waals surface area contributed by atoms with Crippen LogP contribution in [0.25, 0.3) is 0 Å². The molecule has 0 N–H and O–H groups in total. The van der Waals surface area contributed by atoms with Gasteiger partial charge < -0.3 is 9.64 Å². The van der Waals surface area contributed by atoms with Gasteiger partial charge in [-0.05, 0) is 6.42 Å². The number of esters is 1. The first-order valence-corrected chi connectivity index (χ1v) is 10.5. The molecule has 9 nitrogen and oxygen atoms in total. The van der Waals surface area contributed by atoms with Crippen LogP contribution < -0.4 is 0 Å². The summed E-state index contributed by atoms with van der Waals surface area (Å²) in [6.45, 7) is 5.10. The number of carbonyl (C=O) groups is 2. The molecule has 0 fully saturated rings. The molecule has 1 aromatic rings. The van der Waals surface area contributed by atoms with Crippen molar-refractivity contribution in [2.45, 2.75) is 38.3 Å². The van der Waals surface area contributed by atoms with Crippen LogP contribution in [0.3, 0.4) is 0 Å². The third-order valence-corrected chi connectivity index (χ3v) is 5.77. The van der Waals surface area contributed by atoms with Crippen molar-refractivity contribution in [1.29, 1.82) is 0 Å². The smallest absolute Gasteiger partial charge is 0.346 e. The average molecular weight is 393 g/mol. The molecule has 0 bridgehead atoms. The maximum Gasteiger partial charge on any atom is 0.346 e. The number of hydrogen-bond acceptors (Lipinski definition) is 8. The van der Waals surface area contributed by atoms with E-state index in [0.29, 0.717) is 11.0 Å². The highest BCUT2D eigenvalue weighted by molar-refractivity contribution is 8.00. The fourth-order valence-electron chi connectivity index (χ4n) is 1.60. The minimum absolute atomic E-state index is 0.0864. The summed E-state index contributed by atoms with van der Waals surface area (Å²) in [4.78, 5) is 28.7. The van der Waals surface area contributed by atoms with Crippen molar-refractivity contribution in [2.75, 3.05) is 31.5 Å². The lowest BCUT2D eigenvalue weighted by Crippen LogP contribution is -2.29. The van der Waals surface area contributed by atoms with Gasteiger partial charge in [-0.3, -0.25) is 4.79 Å². The Bertz CT molecular complexity index is 715. The molecular weight excluding hydrogens is 368 g/mol. The summed E-state index contributed by atoms with van der Waals surface area (Å²) in [6.07, 6.45) is 0.820. The van der Waals surface area contributed by atoms with E-state index in [-0.39, 0.29) is 23.5 Å². The van der Waals surface area contributed by atoms with Gasteiger partial charge in [0.15, 0.2) is 26.8 Å². The molecule has 25 heavy (non-hydrogen) atoms. The number of rotatable bonds is 8. The Hall–Kier alpha value is -1.62. The van der Waals surface area contributed by atoms with Crippen molar-refractivity contribution < 1.29 is 22.7 Å². The Balaban J connectivity index is 2.84. The van der Waals surface area contributed by atoms with E-state index in [1.54, 1.807) is 14.1 Å². The van der Waals surface area contributed by atoms with E-state index in [0.717, 1.165) is 25.1 Å². The highest BCUT2D eigenvalue weighted by atomic mass is 32.2. The van der Waals surface area contributed by atoms with Gasteiger partial charge in [0.1, 0.15) is 0 Å². The molecule has 1 rings (SSSR count). The maximum atomic E-state index is 12.2. The molecule has 142 valence electrons. The summed E-state index contributed by atoms with van der Waals surface area (Å²) in [5, 5.41) is 4.60. The molecule has 1 amide bonds. The average Bonchev–Trinajstić information content (AvgIpc) is 2.95. The summed E-state index contributed by atoms with van der Waals surface area (Å²) >= 11 is 1.12. The minimum atomic E-state index is -3.53. The SMILES string of the molecule is CCC(C)c1nc(SCCS(=O)(=O)COC(C)=O)n(C(=O)N(C)C)n1. The predicted molar refractivity (Wildman–Crippen MR) is 94.4 cm³/mol. The predicted octanol–water partition coefficient (Wildman–Crippen LogP) is 1.35. The highest BCUT2D eigenvalue weighted by Gasteiger charge is 2.21. The molecule has 0 aliphatic carbocycles. The number of thioether (sulfide) groups is 1. The molecule has 1 atom stereocenters. The summed E-state index contributed by atoms with van der Waals surface area (Å²) < 4.78 is 29.3. The van der Waals surface area contributed by atoms with Gasteiger partial charge >= 0.3 is 12.0 Å². The summed E-state index contributed by atoms with van der Waals surface area (Å²) in [7, 11) is -0.323. The molecule has 0 aromatic carbocycles. The molecule has 0 aliphatic rings. The fraction of sp³-hybridized carbons (Fsp3) is 0.714. The van der Waals surface area contributed by atoms with Crippen molar-refractivity contribution in [3.05, 3.63) is 5.82 Å². The molecule has 0 aliphatic heterocycles. The van der Waals surface area contributed by atoms with Crippen molar-refractivity contribution in [3.63, 3.8) is 0 Å².